The highest BCUT2D eigenvalue weighted by molar-refractivity contribution is 5.91. The molecule has 59 heavy (non-hydrogen) atoms. The summed E-state index contributed by atoms with van der Waals surface area (Å²) in [5, 5.41) is 2.98. The summed E-state index contributed by atoms with van der Waals surface area (Å²) in [6.07, 6.45) is -6.53. The van der Waals surface area contributed by atoms with Gasteiger partial charge in [0, 0.05) is 25.8 Å². The third kappa shape index (κ3) is 9.92. The Morgan fingerprint density at radius 3 is 1.54 bits per heavy atom. The van der Waals surface area contributed by atoms with Crippen LogP contribution in [0.25, 0.3) is 11.1 Å². The fraction of sp³-hybridized carbons (Fsp3) is 0.255. The minimum Gasteiger partial charge on any atom is -0.463 e. The highest BCUT2D eigenvalue weighted by Gasteiger charge is 2.53. The Kier molecular flexibility index (Phi) is 13.2. The first kappa shape index (κ1) is 40.6. The molecule has 1 saturated heterocycles. The Labute approximate surface area is 341 Å². The number of fused-ring (bicyclic) bond motifs is 3. The Morgan fingerprint density at radius 1 is 0.576 bits per heavy atom. The van der Waals surface area contributed by atoms with Gasteiger partial charge >= 0.3 is 23.9 Å². The number of carbonyl (C=O) groups is 5. The summed E-state index contributed by atoms with van der Waals surface area (Å²) in [6.45, 7) is 1.02. The smallest absolute Gasteiger partial charge is 0.338 e. The van der Waals surface area contributed by atoms with Crippen molar-refractivity contribution in [1.29, 1.82) is 0 Å². The number of rotatable bonds is 15. The van der Waals surface area contributed by atoms with Crippen molar-refractivity contribution in [2.45, 2.75) is 56.4 Å². The van der Waals surface area contributed by atoms with Crippen molar-refractivity contribution in [2.75, 3.05) is 19.8 Å². The molecule has 1 aliphatic heterocycles. The molecule has 1 aliphatic carbocycles. The second kappa shape index (κ2) is 19.2. The molecule has 2 aliphatic rings. The summed E-state index contributed by atoms with van der Waals surface area (Å²) < 4.78 is 35.9. The maximum absolute atomic E-state index is 13.7. The summed E-state index contributed by atoms with van der Waals surface area (Å²) in [4.78, 5) is 66.3. The first-order valence-electron chi connectivity index (χ1n) is 19.4. The molecule has 0 aromatic heterocycles. The first-order valence-corrected chi connectivity index (χ1v) is 19.4. The van der Waals surface area contributed by atoms with E-state index in [1.807, 2.05) is 24.3 Å². The van der Waals surface area contributed by atoms with Crippen LogP contribution >= 0.6 is 0 Å². The molecule has 5 aromatic rings. The maximum atomic E-state index is 13.7. The summed E-state index contributed by atoms with van der Waals surface area (Å²) in [7, 11) is 0. The lowest BCUT2D eigenvalue weighted by atomic mass is 9.93. The second-order valence-electron chi connectivity index (χ2n) is 14.1. The summed E-state index contributed by atoms with van der Waals surface area (Å²) in [5.41, 5.74) is 5.02. The van der Waals surface area contributed by atoms with Gasteiger partial charge in [0.2, 0.25) is 5.91 Å². The lowest BCUT2D eigenvalue weighted by Crippen LogP contribution is -2.63. The van der Waals surface area contributed by atoms with E-state index < -0.39 is 61.2 Å². The number of esters is 4. The predicted octanol–water partition coefficient (Wildman–Crippen LogP) is 6.68. The molecule has 0 bridgehead atoms. The standard InChI is InChI=1S/C47H43NO11/c1-30(49)55-29-39-41(57-44(51)31-16-5-2-6-17-31)42(58-45(52)32-18-7-3-8-19-32)43(59-46(53)33-20-9-4-10-21-33)47(56-39)54-27-15-26-48-40(50)28-38-36-24-13-11-22-34(36)35-23-12-14-25-37(35)38/h2-14,16-25,38-39,41-43,47H,15,26-29H2,1H3,(H,48,50)/t39-,41-,42+,43+,47+/m1/s1. The van der Waals surface area contributed by atoms with Gasteiger partial charge in [-0.05, 0) is 65.1 Å². The Bertz CT molecular complexity index is 2200. The van der Waals surface area contributed by atoms with E-state index in [4.69, 9.17) is 28.4 Å². The van der Waals surface area contributed by atoms with Crippen molar-refractivity contribution in [3.8, 4) is 11.1 Å². The van der Waals surface area contributed by atoms with Crippen LogP contribution in [0.4, 0.5) is 0 Å². The van der Waals surface area contributed by atoms with Crippen molar-refractivity contribution in [2.24, 2.45) is 0 Å². The number of benzene rings is 5. The molecular formula is C47H43NO11. The molecule has 1 N–H and O–H groups in total. The van der Waals surface area contributed by atoms with Gasteiger partial charge in [-0.3, -0.25) is 9.59 Å². The van der Waals surface area contributed by atoms with Gasteiger partial charge in [-0.15, -0.1) is 0 Å². The van der Waals surface area contributed by atoms with Gasteiger partial charge in [-0.25, -0.2) is 14.4 Å². The molecule has 1 amide bonds. The number of hydrogen-bond donors (Lipinski definition) is 1. The third-order valence-corrected chi connectivity index (χ3v) is 10.1. The molecule has 0 unspecified atom stereocenters. The fourth-order valence-corrected chi connectivity index (χ4v) is 7.28. The van der Waals surface area contributed by atoms with Gasteiger partial charge in [0.15, 0.2) is 24.6 Å². The highest BCUT2D eigenvalue weighted by atomic mass is 16.7. The summed E-state index contributed by atoms with van der Waals surface area (Å²) >= 11 is 0. The quantitative estimate of drug-likeness (QED) is 0.0686. The molecule has 0 spiro atoms. The Morgan fingerprint density at radius 2 is 1.03 bits per heavy atom. The van der Waals surface area contributed by atoms with E-state index in [1.54, 1.807) is 91.0 Å². The molecule has 0 radical (unpaired) electrons. The Balaban J connectivity index is 1.10. The number of nitrogens with one attached hydrogen (secondary N) is 1. The zero-order valence-corrected chi connectivity index (χ0v) is 32.3. The van der Waals surface area contributed by atoms with Gasteiger partial charge in [-0.2, -0.15) is 0 Å². The van der Waals surface area contributed by atoms with Gasteiger partial charge in [-0.1, -0.05) is 103 Å². The lowest BCUT2D eigenvalue weighted by molar-refractivity contribution is -0.299. The highest BCUT2D eigenvalue weighted by Crippen LogP contribution is 2.46. The molecule has 1 fully saturated rings. The summed E-state index contributed by atoms with van der Waals surface area (Å²) in [6, 6.07) is 40.6. The second-order valence-corrected chi connectivity index (χ2v) is 14.1. The number of carbonyl (C=O) groups excluding carboxylic acids is 5. The van der Waals surface area contributed by atoms with Gasteiger partial charge in [0.05, 0.1) is 23.3 Å². The molecule has 302 valence electrons. The van der Waals surface area contributed by atoms with Crippen molar-refractivity contribution >= 4 is 29.8 Å². The largest absolute Gasteiger partial charge is 0.463 e. The van der Waals surface area contributed by atoms with Gasteiger partial charge in [0.25, 0.3) is 0 Å². The third-order valence-electron chi connectivity index (χ3n) is 10.1. The van der Waals surface area contributed by atoms with Crippen molar-refractivity contribution in [3.05, 3.63) is 167 Å². The number of ether oxygens (including phenoxy) is 6. The molecule has 5 atom stereocenters. The van der Waals surface area contributed by atoms with E-state index in [1.165, 1.54) is 6.92 Å². The van der Waals surface area contributed by atoms with Crippen molar-refractivity contribution in [1.82, 2.24) is 5.32 Å². The van der Waals surface area contributed by atoms with Crippen LogP contribution in [0.15, 0.2) is 140 Å². The van der Waals surface area contributed by atoms with E-state index in [2.05, 4.69) is 29.6 Å². The number of hydrogen-bond acceptors (Lipinski definition) is 11. The number of amides is 1. The first-order chi connectivity index (χ1) is 28.8. The predicted molar refractivity (Wildman–Crippen MR) is 214 cm³/mol. The van der Waals surface area contributed by atoms with E-state index in [9.17, 15) is 24.0 Å². The Hall–Kier alpha value is -6.63. The van der Waals surface area contributed by atoms with Crippen LogP contribution < -0.4 is 5.32 Å². The molecule has 12 heteroatoms. The molecular weight excluding hydrogens is 755 g/mol. The van der Waals surface area contributed by atoms with E-state index in [-0.39, 0.29) is 48.1 Å². The minimum atomic E-state index is -1.51. The lowest BCUT2D eigenvalue weighted by Gasteiger charge is -2.44. The van der Waals surface area contributed by atoms with Crippen LogP contribution in [0.5, 0.6) is 0 Å². The average Bonchev–Trinajstić information content (AvgIpc) is 3.58. The van der Waals surface area contributed by atoms with Gasteiger partial charge in [0.1, 0.15) is 12.7 Å². The fourth-order valence-electron chi connectivity index (χ4n) is 7.28. The summed E-state index contributed by atoms with van der Waals surface area (Å²) in [5.74, 6) is -3.25. The molecule has 1 heterocycles. The topological polar surface area (TPSA) is 153 Å². The van der Waals surface area contributed by atoms with Crippen LogP contribution in [-0.4, -0.2) is 80.2 Å². The minimum absolute atomic E-state index is 0.00641. The van der Waals surface area contributed by atoms with E-state index >= 15 is 0 Å². The zero-order valence-electron chi connectivity index (χ0n) is 32.3. The van der Waals surface area contributed by atoms with Crippen LogP contribution in [0.1, 0.15) is 67.9 Å². The molecule has 7 rings (SSSR count). The molecule has 12 nitrogen and oxygen atoms in total. The van der Waals surface area contributed by atoms with E-state index in [0.717, 1.165) is 22.3 Å². The zero-order chi connectivity index (χ0) is 41.1. The monoisotopic (exact) mass is 797 g/mol. The van der Waals surface area contributed by atoms with Crippen LogP contribution in [0.2, 0.25) is 0 Å². The average molecular weight is 798 g/mol. The van der Waals surface area contributed by atoms with Crippen LogP contribution in [0.3, 0.4) is 0 Å². The maximum Gasteiger partial charge on any atom is 0.338 e. The van der Waals surface area contributed by atoms with Crippen molar-refractivity contribution < 1.29 is 52.4 Å². The molecule has 0 saturated carbocycles. The molecule has 5 aromatic carbocycles. The van der Waals surface area contributed by atoms with Crippen molar-refractivity contribution in [3.63, 3.8) is 0 Å². The van der Waals surface area contributed by atoms with E-state index in [0.29, 0.717) is 6.42 Å². The SMILES string of the molecule is CC(=O)OC[C@H]1O[C@H](OCCCNC(=O)CC2c3ccccc3-c3ccccc32)[C@@H](OC(=O)c2ccccc2)[C@@H](OC(=O)c2ccccc2)[C@@H]1OC(=O)c1ccccc1. The normalized spacial score (nSPS) is 19.4. The van der Waals surface area contributed by atoms with Gasteiger partial charge < -0.3 is 33.7 Å². The van der Waals surface area contributed by atoms with Crippen LogP contribution in [0, 0.1) is 0 Å². The van der Waals surface area contributed by atoms with Crippen LogP contribution in [-0.2, 0) is 38.0 Å².